The van der Waals surface area contributed by atoms with Crippen LogP contribution in [0.25, 0.3) is 17.0 Å². The second-order valence-corrected chi connectivity index (χ2v) is 8.57. The standard InChI is InChI=1S/C26H26F3N3O2/c1-17-3-5-18(6-4-17)7-8-22(33)20-16-32(10-9-27)24-19(26(20)34)15-21(28)25(23(24)29)31-13-11-30(2)12-14-31/h3-8,15-16H,9-14H2,1-2H3. The normalized spacial score (nSPS) is 14.9. The number of alkyl halides is 1. The number of nitrogens with zero attached hydrogens (tertiary/aromatic N) is 3. The highest BCUT2D eigenvalue weighted by Crippen LogP contribution is 2.31. The second-order valence-electron chi connectivity index (χ2n) is 8.57. The molecule has 4 rings (SSSR count). The van der Waals surface area contributed by atoms with E-state index in [1.807, 2.05) is 43.1 Å². The van der Waals surface area contributed by atoms with Crippen molar-refractivity contribution in [3.8, 4) is 0 Å². The summed E-state index contributed by atoms with van der Waals surface area (Å²) in [6, 6.07) is 8.39. The van der Waals surface area contributed by atoms with Crippen molar-refractivity contribution in [3.05, 3.63) is 81.2 Å². The number of carbonyl (C=O) groups excluding carboxylic acids is 1. The van der Waals surface area contributed by atoms with Crippen LogP contribution in [0.2, 0.25) is 0 Å². The van der Waals surface area contributed by atoms with Crippen molar-refractivity contribution in [3.63, 3.8) is 0 Å². The molecule has 1 fully saturated rings. The number of fused-ring (bicyclic) bond motifs is 1. The molecule has 1 aromatic heterocycles. The van der Waals surface area contributed by atoms with Gasteiger partial charge in [-0.15, -0.1) is 0 Å². The van der Waals surface area contributed by atoms with E-state index in [0.717, 1.165) is 17.2 Å². The van der Waals surface area contributed by atoms with Crippen molar-refractivity contribution in [1.29, 1.82) is 0 Å². The molecule has 0 N–H and O–H groups in total. The topological polar surface area (TPSA) is 45.6 Å². The summed E-state index contributed by atoms with van der Waals surface area (Å²) in [5.41, 5.74) is 0.342. The Labute approximate surface area is 195 Å². The highest BCUT2D eigenvalue weighted by Gasteiger charge is 2.26. The number of likely N-dealkylation sites (N-methyl/N-ethyl adjacent to an activating group) is 1. The minimum Gasteiger partial charge on any atom is -0.364 e. The van der Waals surface area contributed by atoms with Crippen LogP contribution >= 0.6 is 0 Å². The molecule has 3 aromatic rings. The molecule has 1 aliphatic rings. The maximum Gasteiger partial charge on any atom is 0.200 e. The monoisotopic (exact) mass is 469 g/mol. The van der Waals surface area contributed by atoms with Crippen molar-refractivity contribution < 1.29 is 18.0 Å². The molecular weight excluding hydrogens is 443 g/mol. The van der Waals surface area contributed by atoms with E-state index in [1.165, 1.54) is 16.8 Å². The van der Waals surface area contributed by atoms with Crippen LogP contribution in [0.4, 0.5) is 18.9 Å². The van der Waals surface area contributed by atoms with Crippen molar-refractivity contribution in [2.45, 2.75) is 13.5 Å². The van der Waals surface area contributed by atoms with Crippen LogP contribution in [0, 0.1) is 18.6 Å². The number of rotatable bonds is 6. The Kier molecular flexibility index (Phi) is 6.88. The zero-order chi connectivity index (χ0) is 24.4. The molecule has 0 radical (unpaired) electrons. The van der Waals surface area contributed by atoms with Crippen LogP contribution in [-0.4, -0.2) is 55.2 Å². The van der Waals surface area contributed by atoms with Crippen LogP contribution in [0.15, 0.2) is 47.4 Å². The number of piperazine rings is 1. The molecule has 0 aliphatic carbocycles. The van der Waals surface area contributed by atoms with Gasteiger partial charge in [-0.2, -0.15) is 0 Å². The maximum absolute atomic E-state index is 15.6. The van der Waals surface area contributed by atoms with Gasteiger partial charge in [-0.3, -0.25) is 9.59 Å². The molecule has 2 heterocycles. The van der Waals surface area contributed by atoms with Crippen molar-refractivity contribution in [2.24, 2.45) is 0 Å². The molecule has 0 amide bonds. The summed E-state index contributed by atoms with van der Waals surface area (Å²) in [6.45, 7) is 2.93. The molecule has 5 nitrogen and oxygen atoms in total. The fourth-order valence-electron chi connectivity index (χ4n) is 4.18. The van der Waals surface area contributed by atoms with E-state index in [1.54, 1.807) is 11.0 Å². The number of hydrogen-bond acceptors (Lipinski definition) is 4. The Morgan fingerprint density at radius 2 is 1.76 bits per heavy atom. The fourth-order valence-corrected chi connectivity index (χ4v) is 4.18. The molecular formula is C26H26F3N3O2. The zero-order valence-corrected chi connectivity index (χ0v) is 19.2. The predicted molar refractivity (Wildman–Crippen MR) is 128 cm³/mol. The van der Waals surface area contributed by atoms with Crippen molar-refractivity contribution in [1.82, 2.24) is 9.47 Å². The summed E-state index contributed by atoms with van der Waals surface area (Å²) in [5.74, 6) is -2.42. The maximum atomic E-state index is 15.6. The molecule has 0 saturated carbocycles. The van der Waals surface area contributed by atoms with E-state index in [2.05, 4.69) is 0 Å². The van der Waals surface area contributed by atoms with Gasteiger partial charge in [0.05, 0.1) is 23.0 Å². The van der Waals surface area contributed by atoms with Crippen LogP contribution < -0.4 is 10.3 Å². The lowest BCUT2D eigenvalue weighted by molar-refractivity contribution is 0.104. The number of allylic oxidation sites excluding steroid dienone is 1. The van der Waals surface area contributed by atoms with Crippen LogP contribution in [-0.2, 0) is 6.54 Å². The number of ketones is 1. The Morgan fingerprint density at radius 3 is 2.41 bits per heavy atom. The minimum absolute atomic E-state index is 0.197. The highest BCUT2D eigenvalue weighted by molar-refractivity contribution is 6.08. The van der Waals surface area contributed by atoms with Gasteiger partial charge in [0.25, 0.3) is 0 Å². The first kappa shape index (κ1) is 23.8. The molecule has 0 unspecified atom stereocenters. The first-order chi connectivity index (χ1) is 16.3. The van der Waals surface area contributed by atoms with E-state index in [4.69, 9.17) is 0 Å². The van der Waals surface area contributed by atoms with E-state index in [-0.39, 0.29) is 28.7 Å². The van der Waals surface area contributed by atoms with E-state index < -0.39 is 29.5 Å². The number of benzene rings is 2. The first-order valence-corrected chi connectivity index (χ1v) is 11.1. The quantitative estimate of drug-likeness (QED) is 0.401. The van der Waals surface area contributed by atoms with Gasteiger partial charge in [-0.25, -0.2) is 13.2 Å². The molecule has 1 saturated heterocycles. The van der Waals surface area contributed by atoms with E-state index in [0.29, 0.717) is 26.2 Å². The molecule has 2 aromatic carbocycles. The fraction of sp³-hybridized carbons (Fsp3) is 0.308. The molecule has 34 heavy (non-hydrogen) atoms. The highest BCUT2D eigenvalue weighted by atomic mass is 19.1. The number of hydrogen-bond donors (Lipinski definition) is 0. The van der Waals surface area contributed by atoms with Gasteiger partial charge in [0.1, 0.15) is 18.2 Å². The Balaban J connectivity index is 1.80. The van der Waals surface area contributed by atoms with Gasteiger partial charge in [0, 0.05) is 32.4 Å². The van der Waals surface area contributed by atoms with Gasteiger partial charge in [-0.1, -0.05) is 35.9 Å². The molecule has 8 heteroatoms. The summed E-state index contributed by atoms with van der Waals surface area (Å²) in [5, 5.41) is -0.282. The Hall–Kier alpha value is -3.39. The van der Waals surface area contributed by atoms with Gasteiger partial charge >= 0.3 is 0 Å². The lowest BCUT2D eigenvalue weighted by Crippen LogP contribution is -2.45. The predicted octanol–water partition coefficient (Wildman–Crippen LogP) is 4.21. The van der Waals surface area contributed by atoms with Crippen molar-refractivity contribution in [2.75, 3.05) is 44.8 Å². The van der Waals surface area contributed by atoms with Crippen molar-refractivity contribution >= 4 is 28.4 Å². The lowest BCUT2D eigenvalue weighted by atomic mass is 10.0. The number of anilines is 1. The largest absolute Gasteiger partial charge is 0.364 e. The number of carbonyl (C=O) groups is 1. The van der Waals surface area contributed by atoms with Gasteiger partial charge in [-0.05, 0) is 31.7 Å². The third-order valence-electron chi connectivity index (χ3n) is 6.14. The number of aromatic nitrogens is 1. The summed E-state index contributed by atoms with van der Waals surface area (Å²) in [4.78, 5) is 29.6. The molecule has 178 valence electrons. The molecule has 0 atom stereocenters. The average Bonchev–Trinajstić information content (AvgIpc) is 2.81. The van der Waals surface area contributed by atoms with Gasteiger partial charge in [0.2, 0.25) is 5.43 Å². The third-order valence-corrected chi connectivity index (χ3v) is 6.14. The van der Waals surface area contributed by atoms with Gasteiger partial charge < -0.3 is 14.4 Å². The summed E-state index contributed by atoms with van der Waals surface area (Å²) in [7, 11) is 1.93. The smallest absolute Gasteiger partial charge is 0.200 e. The minimum atomic E-state index is -0.917. The number of pyridine rings is 1. The Morgan fingerprint density at radius 1 is 1.09 bits per heavy atom. The summed E-state index contributed by atoms with van der Waals surface area (Å²) < 4.78 is 45.2. The summed E-state index contributed by atoms with van der Waals surface area (Å²) in [6.07, 6.45) is 3.96. The van der Waals surface area contributed by atoms with Gasteiger partial charge in [0.15, 0.2) is 11.6 Å². The average molecular weight is 470 g/mol. The Bertz CT molecular complexity index is 1310. The van der Waals surface area contributed by atoms with E-state index in [9.17, 15) is 14.0 Å². The molecule has 1 aliphatic heterocycles. The third kappa shape index (κ3) is 4.63. The second kappa shape index (κ2) is 9.85. The lowest BCUT2D eigenvalue weighted by Gasteiger charge is -2.34. The van der Waals surface area contributed by atoms with E-state index >= 15 is 8.78 Å². The molecule has 0 bridgehead atoms. The first-order valence-electron chi connectivity index (χ1n) is 11.1. The number of halogens is 3. The zero-order valence-electron chi connectivity index (χ0n) is 19.2. The molecule has 0 spiro atoms. The number of aryl methyl sites for hydroxylation is 2. The summed E-state index contributed by atoms with van der Waals surface area (Å²) >= 11 is 0. The SMILES string of the molecule is Cc1ccc(C=CC(=O)c2cn(CCF)c3c(F)c(N4CCN(C)CC4)c(F)cc3c2=O)cc1. The van der Waals surface area contributed by atoms with Crippen LogP contribution in [0.5, 0.6) is 0 Å². The van der Waals surface area contributed by atoms with Crippen LogP contribution in [0.1, 0.15) is 21.5 Å². The van der Waals surface area contributed by atoms with Crippen LogP contribution in [0.3, 0.4) is 0 Å².